The molecule has 2 aromatic heterocycles. The predicted molar refractivity (Wildman–Crippen MR) is 88.1 cm³/mol. The molecule has 0 radical (unpaired) electrons. The Morgan fingerprint density at radius 3 is 3.04 bits per heavy atom. The summed E-state index contributed by atoms with van der Waals surface area (Å²) in [6, 6.07) is 1.96. The van der Waals surface area contributed by atoms with Crippen LogP contribution < -0.4 is 0 Å². The number of amides is 1. The Labute approximate surface area is 139 Å². The quantitative estimate of drug-likeness (QED) is 0.861. The Balaban J connectivity index is 1.93. The highest BCUT2D eigenvalue weighted by Gasteiger charge is 2.29. The van der Waals surface area contributed by atoms with E-state index in [0.29, 0.717) is 5.82 Å². The Bertz CT molecular complexity index is 675. The molecule has 7 heteroatoms. The summed E-state index contributed by atoms with van der Waals surface area (Å²) in [5, 5.41) is 2.81. The number of likely N-dealkylation sites (tertiary alicyclic amines) is 1. The highest BCUT2D eigenvalue weighted by molar-refractivity contribution is 7.13. The first-order valence-corrected chi connectivity index (χ1v) is 8.61. The summed E-state index contributed by atoms with van der Waals surface area (Å²) in [5.74, 6) is 0.724. The molecule has 6 nitrogen and oxygen atoms in total. The molecule has 23 heavy (non-hydrogen) atoms. The van der Waals surface area contributed by atoms with Gasteiger partial charge in [-0.2, -0.15) is 0 Å². The van der Waals surface area contributed by atoms with E-state index < -0.39 is 0 Å². The summed E-state index contributed by atoms with van der Waals surface area (Å²) >= 11 is 1.55. The minimum absolute atomic E-state index is 0.00758. The molecule has 1 amide bonds. The van der Waals surface area contributed by atoms with Crippen molar-refractivity contribution in [1.29, 1.82) is 0 Å². The van der Waals surface area contributed by atoms with Gasteiger partial charge in [-0.1, -0.05) is 0 Å². The van der Waals surface area contributed by atoms with E-state index in [0.717, 1.165) is 42.2 Å². The number of rotatable bonds is 4. The number of carbonyl (C=O) groups excluding carboxylic acids is 1. The number of ether oxygens (including phenoxy) is 1. The summed E-state index contributed by atoms with van der Waals surface area (Å²) in [6.07, 6.45) is 4.81. The number of aryl methyl sites for hydroxylation is 1. The van der Waals surface area contributed by atoms with Gasteiger partial charge in [0.15, 0.2) is 0 Å². The molecular formula is C16H20N4O2S. The van der Waals surface area contributed by atoms with Gasteiger partial charge >= 0.3 is 0 Å². The van der Waals surface area contributed by atoms with E-state index >= 15 is 0 Å². The molecule has 3 heterocycles. The van der Waals surface area contributed by atoms with E-state index in [1.54, 1.807) is 24.6 Å². The Kier molecular flexibility index (Phi) is 4.97. The maximum absolute atomic E-state index is 12.3. The van der Waals surface area contributed by atoms with Gasteiger partial charge in [0, 0.05) is 25.2 Å². The van der Waals surface area contributed by atoms with Crippen molar-refractivity contribution < 1.29 is 9.53 Å². The highest BCUT2D eigenvalue weighted by atomic mass is 32.1. The van der Waals surface area contributed by atoms with Crippen molar-refractivity contribution >= 4 is 17.2 Å². The molecule has 0 saturated carbocycles. The molecule has 0 aliphatic carbocycles. The zero-order valence-corrected chi connectivity index (χ0v) is 14.2. The van der Waals surface area contributed by atoms with Crippen molar-refractivity contribution in [1.82, 2.24) is 19.9 Å². The third-order valence-electron chi connectivity index (χ3n) is 3.94. The van der Waals surface area contributed by atoms with Crippen LogP contribution in [0, 0.1) is 6.92 Å². The van der Waals surface area contributed by atoms with Crippen LogP contribution in [0.4, 0.5) is 0 Å². The van der Waals surface area contributed by atoms with E-state index in [9.17, 15) is 4.79 Å². The van der Waals surface area contributed by atoms with Crippen LogP contribution >= 0.6 is 11.3 Å². The SMILES string of the molecule is COCC(=O)N1CCCC[C@H]1c1cc(-c2nccs2)nc(C)n1. The number of piperidine rings is 1. The summed E-state index contributed by atoms with van der Waals surface area (Å²) in [4.78, 5) is 27.6. The Hall–Kier alpha value is -1.86. The highest BCUT2D eigenvalue weighted by Crippen LogP contribution is 2.32. The van der Waals surface area contributed by atoms with Gasteiger partial charge in [0.2, 0.25) is 5.91 Å². The molecule has 0 spiro atoms. The van der Waals surface area contributed by atoms with E-state index in [1.807, 2.05) is 23.3 Å². The minimum Gasteiger partial charge on any atom is -0.375 e. The fourth-order valence-electron chi connectivity index (χ4n) is 2.96. The summed E-state index contributed by atoms with van der Waals surface area (Å²) in [6.45, 7) is 2.74. The second-order valence-corrected chi connectivity index (χ2v) is 6.49. The number of thiazole rings is 1. The zero-order valence-electron chi connectivity index (χ0n) is 13.4. The van der Waals surface area contributed by atoms with Crippen molar-refractivity contribution in [3.63, 3.8) is 0 Å². The van der Waals surface area contributed by atoms with Gasteiger partial charge in [0.05, 0.1) is 11.7 Å². The van der Waals surface area contributed by atoms with E-state index in [-0.39, 0.29) is 18.6 Å². The molecule has 3 rings (SSSR count). The van der Waals surface area contributed by atoms with Crippen LogP contribution in [0.5, 0.6) is 0 Å². The van der Waals surface area contributed by atoms with Gasteiger partial charge in [-0.25, -0.2) is 15.0 Å². The summed E-state index contributed by atoms with van der Waals surface area (Å²) in [5.41, 5.74) is 1.72. The number of methoxy groups -OCH3 is 1. The van der Waals surface area contributed by atoms with Crippen molar-refractivity contribution in [3.05, 3.63) is 29.2 Å². The molecular weight excluding hydrogens is 312 g/mol. The topological polar surface area (TPSA) is 68.2 Å². The zero-order chi connectivity index (χ0) is 16.2. The second kappa shape index (κ2) is 7.14. The van der Waals surface area contributed by atoms with Gasteiger partial charge < -0.3 is 9.64 Å². The van der Waals surface area contributed by atoms with Gasteiger partial charge in [-0.05, 0) is 32.3 Å². The lowest BCUT2D eigenvalue weighted by Gasteiger charge is -2.35. The Morgan fingerprint density at radius 2 is 2.30 bits per heavy atom. The lowest BCUT2D eigenvalue weighted by Crippen LogP contribution is -2.40. The van der Waals surface area contributed by atoms with Crippen molar-refractivity contribution in [3.8, 4) is 10.7 Å². The molecule has 1 aliphatic heterocycles. The number of aromatic nitrogens is 3. The first kappa shape index (κ1) is 16.0. The van der Waals surface area contributed by atoms with E-state index in [4.69, 9.17) is 4.74 Å². The fourth-order valence-corrected chi connectivity index (χ4v) is 3.56. The number of nitrogens with zero attached hydrogens (tertiary/aromatic N) is 4. The van der Waals surface area contributed by atoms with Crippen molar-refractivity contribution in [2.24, 2.45) is 0 Å². The molecule has 2 aromatic rings. The van der Waals surface area contributed by atoms with E-state index in [2.05, 4.69) is 15.0 Å². The number of carbonyl (C=O) groups is 1. The summed E-state index contributed by atoms with van der Waals surface area (Å²) in [7, 11) is 1.55. The molecule has 0 bridgehead atoms. The van der Waals surface area contributed by atoms with Crippen LogP contribution in [0.3, 0.4) is 0 Å². The van der Waals surface area contributed by atoms with Gasteiger partial charge in [-0.15, -0.1) is 11.3 Å². The number of hydrogen-bond acceptors (Lipinski definition) is 6. The van der Waals surface area contributed by atoms with Crippen LogP contribution in [-0.2, 0) is 9.53 Å². The summed E-state index contributed by atoms with van der Waals surface area (Å²) < 4.78 is 5.02. The third kappa shape index (κ3) is 3.56. The molecule has 1 atom stereocenters. The van der Waals surface area contributed by atoms with Crippen molar-refractivity contribution in [2.75, 3.05) is 20.3 Å². The predicted octanol–water partition coefficient (Wildman–Crippen LogP) is 2.61. The molecule has 0 N–H and O–H groups in total. The first-order chi connectivity index (χ1) is 11.2. The fraction of sp³-hybridized carbons (Fsp3) is 0.500. The molecule has 0 aromatic carbocycles. The smallest absolute Gasteiger partial charge is 0.249 e. The van der Waals surface area contributed by atoms with Gasteiger partial charge in [0.25, 0.3) is 0 Å². The minimum atomic E-state index is -0.00758. The lowest BCUT2D eigenvalue weighted by atomic mass is 9.98. The average molecular weight is 332 g/mol. The molecule has 0 unspecified atom stereocenters. The largest absolute Gasteiger partial charge is 0.375 e. The van der Waals surface area contributed by atoms with Crippen LogP contribution in [0.15, 0.2) is 17.6 Å². The monoisotopic (exact) mass is 332 g/mol. The normalized spacial score (nSPS) is 18.2. The average Bonchev–Trinajstić information content (AvgIpc) is 3.09. The van der Waals surface area contributed by atoms with Crippen LogP contribution in [0.2, 0.25) is 0 Å². The molecule has 1 saturated heterocycles. The van der Waals surface area contributed by atoms with Gasteiger partial charge in [-0.3, -0.25) is 4.79 Å². The standard InChI is InChI=1S/C16H20N4O2S/c1-11-18-12(9-13(19-11)16-17-6-8-23-16)14-5-3-4-7-20(14)15(21)10-22-2/h6,8-9,14H,3-5,7,10H2,1-2H3/t14-/m0/s1. The molecule has 122 valence electrons. The maximum atomic E-state index is 12.3. The third-order valence-corrected chi connectivity index (χ3v) is 4.74. The number of hydrogen-bond donors (Lipinski definition) is 0. The lowest BCUT2D eigenvalue weighted by molar-refractivity contribution is -0.139. The maximum Gasteiger partial charge on any atom is 0.249 e. The Morgan fingerprint density at radius 1 is 1.43 bits per heavy atom. The van der Waals surface area contributed by atoms with Crippen LogP contribution in [0.25, 0.3) is 10.7 Å². The second-order valence-electron chi connectivity index (χ2n) is 5.59. The van der Waals surface area contributed by atoms with Crippen LogP contribution in [0.1, 0.15) is 36.8 Å². The van der Waals surface area contributed by atoms with Crippen LogP contribution in [-0.4, -0.2) is 46.0 Å². The first-order valence-electron chi connectivity index (χ1n) is 7.73. The van der Waals surface area contributed by atoms with E-state index in [1.165, 1.54) is 0 Å². The van der Waals surface area contributed by atoms with Crippen molar-refractivity contribution in [2.45, 2.75) is 32.2 Å². The van der Waals surface area contributed by atoms with Gasteiger partial charge in [0.1, 0.15) is 23.1 Å². The molecule has 1 fully saturated rings. The molecule has 1 aliphatic rings.